The fourth-order valence-corrected chi connectivity index (χ4v) is 1.11. The van der Waals surface area contributed by atoms with Gasteiger partial charge in [-0.25, -0.2) is 4.98 Å². The third-order valence-corrected chi connectivity index (χ3v) is 1.72. The fraction of sp³-hybridized carbons (Fsp3) is 0.500. The smallest absolute Gasteiger partial charge is 0.224 e. The Morgan fingerprint density at radius 3 is 3.10 bits per heavy atom. The second-order valence-electron chi connectivity index (χ2n) is 1.84. The molecule has 0 fully saturated rings. The Morgan fingerprint density at radius 1 is 1.80 bits per heavy atom. The van der Waals surface area contributed by atoms with E-state index in [-0.39, 0.29) is 0 Å². The highest BCUT2D eigenvalue weighted by atomic mass is 32.1. The van der Waals surface area contributed by atoms with Crippen molar-refractivity contribution in [2.45, 2.75) is 6.92 Å². The van der Waals surface area contributed by atoms with Crippen molar-refractivity contribution in [3.05, 3.63) is 10.4 Å². The van der Waals surface area contributed by atoms with Gasteiger partial charge in [0.15, 0.2) is 0 Å². The summed E-state index contributed by atoms with van der Waals surface area (Å²) >= 11 is 1.58. The lowest BCUT2D eigenvalue weighted by Crippen LogP contribution is -2.10. The Bertz CT molecular complexity index is 199. The highest BCUT2D eigenvalue weighted by Gasteiger charge is 1.95. The third kappa shape index (κ3) is 1.97. The fourth-order valence-electron chi connectivity index (χ4n) is 0.573. The number of hydrogen-bond donors (Lipinski definition) is 1. The van der Waals surface area contributed by atoms with E-state index in [1.165, 1.54) is 0 Å². The minimum absolute atomic E-state index is 0.538. The molecule has 4 heteroatoms. The van der Waals surface area contributed by atoms with Gasteiger partial charge >= 0.3 is 0 Å². The molecular formula is C6H10N2OS. The number of hydrogen-bond acceptors (Lipinski definition) is 4. The molecule has 0 unspecified atom stereocenters. The van der Waals surface area contributed by atoms with Gasteiger partial charge in [0.2, 0.25) is 5.88 Å². The number of aromatic nitrogens is 1. The molecule has 0 aliphatic heterocycles. The molecule has 56 valence electrons. The van der Waals surface area contributed by atoms with Gasteiger partial charge in [0.1, 0.15) is 6.61 Å². The van der Waals surface area contributed by atoms with Gasteiger partial charge in [0, 0.05) is 6.54 Å². The summed E-state index contributed by atoms with van der Waals surface area (Å²) in [5.74, 6) is 0.688. The van der Waals surface area contributed by atoms with Gasteiger partial charge in [0.05, 0.1) is 10.4 Å². The van der Waals surface area contributed by atoms with Gasteiger partial charge in [-0.05, 0) is 6.92 Å². The molecule has 0 saturated heterocycles. The van der Waals surface area contributed by atoms with Crippen LogP contribution in [0.1, 0.15) is 5.01 Å². The van der Waals surface area contributed by atoms with E-state index in [4.69, 9.17) is 10.5 Å². The molecule has 0 atom stereocenters. The first kappa shape index (κ1) is 7.50. The minimum Gasteiger partial charge on any atom is -0.476 e. The predicted octanol–water partition coefficient (Wildman–Crippen LogP) is 0.789. The first-order chi connectivity index (χ1) is 4.83. The maximum atomic E-state index is 5.23. The highest BCUT2D eigenvalue weighted by molar-refractivity contribution is 7.09. The largest absolute Gasteiger partial charge is 0.476 e. The monoisotopic (exact) mass is 158 g/mol. The SMILES string of the molecule is Cc1nc(OCCN)cs1. The summed E-state index contributed by atoms with van der Waals surface area (Å²) in [6.45, 7) is 3.03. The minimum atomic E-state index is 0.538. The van der Waals surface area contributed by atoms with Crippen LogP contribution in [-0.2, 0) is 0 Å². The van der Waals surface area contributed by atoms with Crippen LogP contribution in [0.25, 0.3) is 0 Å². The maximum Gasteiger partial charge on any atom is 0.224 e. The number of aryl methyl sites for hydroxylation is 1. The second kappa shape index (κ2) is 3.53. The lowest BCUT2D eigenvalue weighted by molar-refractivity contribution is 0.317. The van der Waals surface area contributed by atoms with Gasteiger partial charge in [-0.1, -0.05) is 0 Å². The molecule has 0 radical (unpaired) electrons. The predicted molar refractivity (Wildman–Crippen MR) is 41.4 cm³/mol. The molecule has 0 saturated carbocycles. The summed E-state index contributed by atoms with van der Waals surface area (Å²) in [6.07, 6.45) is 0. The van der Waals surface area contributed by atoms with Crippen LogP contribution in [0.4, 0.5) is 0 Å². The van der Waals surface area contributed by atoms with Crippen molar-refractivity contribution in [1.82, 2.24) is 4.98 Å². The van der Waals surface area contributed by atoms with Crippen LogP contribution < -0.4 is 10.5 Å². The first-order valence-corrected chi connectivity index (χ1v) is 3.96. The Kier molecular flexibility index (Phi) is 2.65. The maximum absolute atomic E-state index is 5.23. The van der Waals surface area contributed by atoms with E-state index >= 15 is 0 Å². The van der Waals surface area contributed by atoms with Gasteiger partial charge in [-0.15, -0.1) is 11.3 Å². The first-order valence-electron chi connectivity index (χ1n) is 3.08. The van der Waals surface area contributed by atoms with Crippen LogP contribution in [0, 0.1) is 6.92 Å². The summed E-state index contributed by atoms with van der Waals surface area (Å²) in [5, 5.41) is 2.90. The van der Waals surface area contributed by atoms with E-state index < -0.39 is 0 Å². The molecule has 0 amide bonds. The molecular weight excluding hydrogens is 148 g/mol. The molecule has 3 nitrogen and oxygen atoms in total. The zero-order valence-electron chi connectivity index (χ0n) is 5.83. The summed E-state index contributed by atoms with van der Waals surface area (Å²) < 4.78 is 5.15. The Balaban J connectivity index is 2.42. The van der Waals surface area contributed by atoms with E-state index in [0.717, 1.165) is 5.01 Å². The Morgan fingerprint density at radius 2 is 2.60 bits per heavy atom. The van der Waals surface area contributed by atoms with Gasteiger partial charge < -0.3 is 10.5 Å². The normalized spacial score (nSPS) is 9.80. The Labute approximate surface area is 63.8 Å². The number of nitrogens with zero attached hydrogens (tertiary/aromatic N) is 1. The van der Waals surface area contributed by atoms with Crippen molar-refractivity contribution in [1.29, 1.82) is 0 Å². The molecule has 0 spiro atoms. The van der Waals surface area contributed by atoms with E-state index in [9.17, 15) is 0 Å². The van der Waals surface area contributed by atoms with Crippen molar-refractivity contribution in [2.24, 2.45) is 5.73 Å². The lowest BCUT2D eigenvalue weighted by atomic mass is 10.7. The van der Waals surface area contributed by atoms with Crippen LogP contribution in [0.3, 0.4) is 0 Å². The van der Waals surface area contributed by atoms with Gasteiger partial charge in [0.25, 0.3) is 0 Å². The average molecular weight is 158 g/mol. The zero-order valence-corrected chi connectivity index (χ0v) is 6.65. The summed E-state index contributed by atoms with van der Waals surface area (Å²) in [7, 11) is 0. The molecule has 0 aliphatic rings. The summed E-state index contributed by atoms with van der Waals surface area (Å²) in [4.78, 5) is 4.09. The molecule has 10 heavy (non-hydrogen) atoms. The number of thiazole rings is 1. The number of ether oxygens (including phenoxy) is 1. The van der Waals surface area contributed by atoms with E-state index in [2.05, 4.69) is 4.98 Å². The van der Waals surface area contributed by atoms with Crippen LogP contribution in [-0.4, -0.2) is 18.1 Å². The molecule has 0 aromatic carbocycles. The molecule has 1 aromatic heterocycles. The molecule has 0 bridgehead atoms. The van der Waals surface area contributed by atoms with E-state index in [1.807, 2.05) is 12.3 Å². The quantitative estimate of drug-likeness (QED) is 0.707. The molecule has 2 N–H and O–H groups in total. The topological polar surface area (TPSA) is 48.1 Å². The standard InChI is InChI=1S/C6H10N2OS/c1-5-8-6(4-10-5)9-3-2-7/h4H,2-3,7H2,1H3. The van der Waals surface area contributed by atoms with Crippen molar-refractivity contribution >= 4 is 11.3 Å². The lowest BCUT2D eigenvalue weighted by Gasteiger charge is -1.96. The molecule has 1 aromatic rings. The molecule has 1 rings (SSSR count). The van der Waals surface area contributed by atoms with Crippen molar-refractivity contribution < 1.29 is 4.74 Å². The summed E-state index contributed by atoms with van der Waals surface area (Å²) in [6, 6.07) is 0. The van der Waals surface area contributed by atoms with Crippen molar-refractivity contribution in [2.75, 3.05) is 13.2 Å². The van der Waals surface area contributed by atoms with Crippen molar-refractivity contribution in [3.63, 3.8) is 0 Å². The van der Waals surface area contributed by atoms with Gasteiger partial charge in [-0.3, -0.25) is 0 Å². The Hall–Kier alpha value is -0.610. The number of rotatable bonds is 3. The zero-order chi connectivity index (χ0) is 7.40. The summed E-state index contributed by atoms with van der Waals surface area (Å²) in [5.41, 5.74) is 5.23. The molecule has 0 aliphatic carbocycles. The average Bonchev–Trinajstić information content (AvgIpc) is 2.31. The van der Waals surface area contributed by atoms with Crippen molar-refractivity contribution in [3.8, 4) is 5.88 Å². The second-order valence-corrected chi connectivity index (χ2v) is 2.90. The van der Waals surface area contributed by atoms with Crippen LogP contribution in [0.15, 0.2) is 5.38 Å². The molecule has 1 heterocycles. The number of nitrogens with two attached hydrogens (primary N) is 1. The third-order valence-electron chi connectivity index (χ3n) is 0.966. The van der Waals surface area contributed by atoms with E-state index in [1.54, 1.807) is 11.3 Å². The van der Waals surface area contributed by atoms with Crippen LogP contribution in [0.5, 0.6) is 5.88 Å². The van der Waals surface area contributed by atoms with Crippen LogP contribution in [0.2, 0.25) is 0 Å². The van der Waals surface area contributed by atoms with E-state index in [0.29, 0.717) is 19.0 Å². The van der Waals surface area contributed by atoms with Crippen LogP contribution >= 0.6 is 11.3 Å². The van der Waals surface area contributed by atoms with Gasteiger partial charge in [-0.2, -0.15) is 0 Å². The highest BCUT2D eigenvalue weighted by Crippen LogP contribution is 2.14.